The van der Waals surface area contributed by atoms with Gasteiger partial charge in [0.25, 0.3) is 0 Å². The molecular formula is C16H22N2O4. The monoisotopic (exact) mass is 306 g/mol. The van der Waals surface area contributed by atoms with Crippen molar-refractivity contribution < 1.29 is 19.7 Å². The highest BCUT2D eigenvalue weighted by atomic mass is 16.5. The van der Waals surface area contributed by atoms with Crippen molar-refractivity contribution in [3.63, 3.8) is 0 Å². The van der Waals surface area contributed by atoms with E-state index in [2.05, 4.69) is 11.0 Å². The van der Waals surface area contributed by atoms with Crippen LogP contribution in [0, 0.1) is 0 Å². The molecule has 1 aliphatic heterocycles. The molecule has 1 aromatic rings. The van der Waals surface area contributed by atoms with Crippen molar-refractivity contribution in [1.29, 1.82) is 0 Å². The standard InChI is InChI=1S/C16H22N2O4/c1-22-12-4-2-11-3-5-14(19)15(13(11)10-12)17-6-8-18(9-7-17)16(20)21/h2,4,10,14-15,19H,3,5-9H2,1H3,(H,20,21)/t14-,15-/m1/s1. The van der Waals surface area contributed by atoms with Crippen molar-refractivity contribution in [3.8, 4) is 5.75 Å². The third-order valence-electron chi connectivity index (χ3n) is 4.72. The van der Waals surface area contributed by atoms with E-state index in [0.717, 1.165) is 24.2 Å². The van der Waals surface area contributed by atoms with Gasteiger partial charge in [-0.25, -0.2) is 4.79 Å². The second kappa shape index (κ2) is 6.14. The Morgan fingerprint density at radius 1 is 1.27 bits per heavy atom. The maximum Gasteiger partial charge on any atom is 0.407 e. The van der Waals surface area contributed by atoms with Crippen LogP contribution in [0.3, 0.4) is 0 Å². The first-order valence-corrected chi connectivity index (χ1v) is 7.67. The van der Waals surface area contributed by atoms with Crippen molar-refractivity contribution >= 4 is 6.09 Å². The number of carboxylic acid groups (broad SMARTS) is 1. The van der Waals surface area contributed by atoms with Crippen LogP contribution in [-0.2, 0) is 6.42 Å². The van der Waals surface area contributed by atoms with E-state index in [1.165, 1.54) is 10.5 Å². The minimum atomic E-state index is -0.870. The number of aliphatic hydroxyl groups excluding tert-OH is 1. The molecule has 1 aliphatic carbocycles. The lowest BCUT2D eigenvalue weighted by Gasteiger charge is -2.42. The number of amides is 1. The maximum atomic E-state index is 11.0. The van der Waals surface area contributed by atoms with Crippen LogP contribution in [0.5, 0.6) is 5.75 Å². The van der Waals surface area contributed by atoms with E-state index in [0.29, 0.717) is 26.2 Å². The van der Waals surface area contributed by atoms with Crippen molar-refractivity contribution in [2.24, 2.45) is 0 Å². The number of nitrogens with zero attached hydrogens (tertiary/aromatic N) is 2. The molecule has 0 aromatic heterocycles. The van der Waals surface area contributed by atoms with Gasteiger partial charge in [0.1, 0.15) is 5.75 Å². The molecule has 120 valence electrons. The molecule has 0 radical (unpaired) electrons. The van der Waals surface area contributed by atoms with Crippen molar-refractivity contribution in [2.45, 2.75) is 25.0 Å². The summed E-state index contributed by atoms with van der Waals surface area (Å²) in [4.78, 5) is 14.6. The normalized spacial score (nSPS) is 25.6. The largest absolute Gasteiger partial charge is 0.497 e. The summed E-state index contributed by atoms with van der Waals surface area (Å²) < 4.78 is 5.31. The van der Waals surface area contributed by atoms with E-state index in [1.807, 2.05) is 12.1 Å². The van der Waals surface area contributed by atoms with Gasteiger partial charge in [0, 0.05) is 26.2 Å². The molecular weight excluding hydrogens is 284 g/mol. The molecule has 2 N–H and O–H groups in total. The highest BCUT2D eigenvalue weighted by Crippen LogP contribution is 2.37. The number of fused-ring (bicyclic) bond motifs is 1. The zero-order chi connectivity index (χ0) is 15.7. The number of methoxy groups -OCH3 is 1. The first-order chi connectivity index (χ1) is 10.6. The van der Waals surface area contributed by atoms with Gasteiger partial charge in [-0.3, -0.25) is 4.90 Å². The highest BCUT2D eigenvalue weighted by Gasteiger charge is 2.35. The van der Waals surface area contributed by atoms with Crippen LogP contribution in [0.1, 0.15) is 23.6 Å². The lowest BCUT2D eigenvalue weighted by molar-refractivity contribution is 0.0106. The average Bonchev–Trinajstić information content (AvgIpc) is 2.54. The summed E-state index contributed by atoms with van der Waals surface area (Å²) >= 11 is 0. The number of carbonyl (C=O) groups is 1. The molecule has 1 amide bonds. The third kappa shape index (κ3) is 2.76. The average molecular weight is 306 g/mol. The van der Waals surface area contributed by atoms with Crippen LogP contribution in [0.25, 0.3) is 0 Å². The third-order valence-corrected chi connectivity index (χ3v) is 4.72. The van der Waals surface area contributed by atoms with Crippen molar-refractivity contribution in [2.75, 3.05) is 33.3 Å². The number of benzene rings is 1. The Kier molecular flexibility index (Phi) is 4.22. The maximum absolute atomic E-state index is 11.0. The summed E-state index contributed by atoms with van der Waals surface area (Å²) in [6.45, 7) is 2.26. The van der Waals surface area contributed by atoms with E-state index in [4.69, 9.17) is 9.84 Å². The van der Waals surface area contributed by atoms with E-state index < -0.39 is 12.2 Å². The van der Waals surface area contributed by atoms with E-state index in [1.54, 1.807) is 7.11 Å². The van der Waals surface area contributed by atoms with Gasteiger partial charge in [-0.15, -0.1) is 0 Å². The van der Waals surface area contributed by atoms with Gasteiger partial charge in [-0.05, 0) is 36.1 Å². The molecule has 6 nitrogen and oxygen atoms in total. The lowest BCUT2D eigenvalue weighted by Crippen LogP contribution is -2.52. The number of piperazine rings is 1. The molecule has 1 heterocycles. The van der Waals surface area contributed by atoms with Crippen LogP contribution in [0.2, 0.25) is 0 Å². The Morgan fingerprint density at radius 3 is 2.64 bits per heavy atom. The Morgan fingerprint density at radius 2 is 2.00 bits per heavy atom. The van der Waals surface area contributed by atoms with E-state index in [9.17, 15) is 9.90 Å². The van der Waals surface area contributed by atoms with E-state index in [-0.39, 0.29) is 6.04 Å². The van der Waals surface area contributed by atoms with E-state index >= 15 is 0 Å². The van der Waals surface area contributed by atoms with Gasteiger partial charge in [0.15, 0.2) is 0 Å². The van der Waals surface area contributed by atoms with Gasteiger partial charge < -0.3 is 19.8 Å². The first-order valence-electron chi connectivity index (χ1n) is 7.67. The Hall–Kier alpha value is -1.79. The molecule has 1 fully saturated rings. The lowest BCUT2D eigenvalue weighted by atomic mass is 9.84. The predicted molar refractivity (Wildman–Crippen MR) is 81.2 cm³/mol. The summed E-state index contributed by atoms with van der Waals surface area (Å²) in [6.07, 6.45) is 0.316. The highest BCUT2D eigenvalue weighted by molar-refractivity contribution is 5.65. The summed E-state index contributed by atoms with van der Waals surface area (Å²) in [5, 5.41) is 19.5. The van der Waals surface area contributed by atoms with Crippen molar-refractivity contribution in [3.05, 3.63) is 29.3 Å². The Labute approximate surface area is 129 Å². The zero-order valence-electron chi connectivity index (χ0n) is 12.7. The molecule has 3 rings (SSSR count). The molecule has 0 bridgehead atoms. The van der Waals surface area contributed by atoms with Crippen LogP contribution < -0.4 is 4.74 Å². The van der Waals surface area contributed by atoms with Crippen LogP contribution >= 0.6 is 0 Å². The second-order valence-electron chi connectivity index (χ2n) is 5.92. The number of hydrogen-bond acceptors (Lipinski definition) is 4. The Balaban J connectivity index is 1.83. The fraction of sp³-hybridized carbons (Fsp3) is 0.562. The van der Waals surface area contributed by atoms with Crippen LogP contribution in [-0.4, -0.2) is 65.5 Å². The molecule has 1 aromatic carbocycles. The minimum Gasteiger partial charge on any atom is -0.497 e. The number of rotatable bonds is 2. The number of aliphatic hydroxyl groups is 1. The molecule has 0 unspecified atom stereocenters. The summed E-state index contributed by atoms with van der Waals surface area (Å²) in [7, 11) is 1.64. The molecule has 2 aliphatic rings. The van der Waals surface area contributed by atoms with Crippen LogP contribution in [0.4, 0.5) is 4.79 Å². The van der Waals surface area contributed by atoms with Gasteiger partial charge >= 0.3 is 6.09 Å². The SMILES string of the molecule is COc1ccc2c(c1)[C@@H](N1CCN(C(=O)O)CC1)[C@H](O)CC2. The first kappa shape index (κ1) is 15.1. The molecule has 0 saturated carbocycles. The quantitative estimate of drug-likeness (QED) is 0.862. The van der Waals surface area contributed by atoms with Gasteiger partial charge in [-0.1, -0.05) is 6.07 Å². The summed E-state index contributed by atoms with van der Waals surface area (Å²) in [6, 6.07) is 5.96. The zero-order valence-corrected chi connectivity index (χ0v) is 12.7. The fourth-order valence-corrected chi connectivity index (χ4v) is 3.50. The molecule has 2 atom stereocenters. The molecule has 22 heavy (non-hydrogen) atoms. The molecule has 6 heteroatoms. The summed E-state index contributed by atoms with van der Waals surface area (Å²) in [5.74, 6) is 0.794. The number of aryl methyl sites for hydroxylation is 1. The topological polar surface area (TPSA) is 73.2 Å². The number of ether oxygens (including phenoxy) is 1. The number of hydrogen-bond donors (Lipinski definition) is 2. The predicted octanol–water partition coefficient (Wildman–Crippen LogP) is 1.34. The smallest absolute Gasteiger partial charge is 0.407 e. The van der Waals surface area contributed by atoms with Gasteiger partial charge in [0.05, 0.1) is 19.3 Å². The molecule has 0 spiro atoms. The van der Waals surface area contributed by atoms with Gasteiger partial charge in [0.2, 0.25) is 0 Å². The van der Waals surface area contributed by atoms with Crippen LogP contribution in [0.15, 0.2) is 18.2 Å². The Bertz CT molecular complexity index is 555. The van der Waals surface area contributed by atoms with Crippen molar-refractivity contribution in [1.82, 2.24) is 9.80 Å². The fourth-order valence-electron chi connectivity index (χ4n) is 3.50. The minimum absolute atomic E-state index is 0.0743. The molecule has 1 saturated heterocycles. The summed E-state index contributed by atoms with van der Waals surface area (Å²) in [5.41, 5.74) is 2.36. The van der Waals surface area contributed by atoms with Gasteiger partial charge in [-0.2, -0.15) is 0 Å². The second-order valence-corrected chi connectivity index (χ2v) is 5.92.